The second-order valence-electron chi connectivity index (χ2n) is 8.73. The third-order valence-electron chi connectivity index (χ3n) is 6.71. The topological polar surface area (TPSA) is 49.8 Å². The quantitative estimate of drug-likeness (QED) is 0.235. The molecule has 1 aromatic heterocycles. The zero-order chi connectivity index (χ0) is 25.9. The Morgan fingerprint density at radius 2 is 1.22 bits per heavy atom. The fourth-order valence-corrected chi connectivity index (χ4v) is 4.77. The normalized spacial score (nSPS) is 10.8. The fourth-order valence-electron chi connectivity index (χ4n) is 4.77. The van der Waals surface area contributed by atoms with Gasteiger partial charge in [-0.3, -0.25) is 4.98 Å². The Morgan fingerprint density at radius 3 is 1.92 bits per heavy atom. The van der Waals surface area contributed by atoms with Gasteiger partial charge in [0.1, 0.15) is 0 Å². The van der Waals surface area contributed by atoms with E-state index in [2.05, 4.69) is 49.4 Å². The lowest BCUT2D eigenvalue weighted by Gasteiger charge is -2.18. The van der Waals surface area contributed by atoms with Crippen molar-refractivity contribution in [3.8, 4) is 56.4 Å². The predicted molar refractivity (Wildman–Crippen MR) is 149 cm³/mol. The van der Waals surface area contributed by atoms with Crippen LogP contribution in [0.4, 0.5) is 0 Å². The second-order valence-corrected chi connectivity index (χ2v) is 8.73. The van der Waals surface area contributed by atoms with E-state index >= 15 is 0 Å². The Balaban J connectivity index is 1.70. The molecule has 0 unspecified atom stereocenters. The maximum Gasteiger partial charge on any atom is 0.168 e. The summed E-state index contributed by atoms with van der Waals surface area (Å²) in [5.41, 5.74) is 8.19. The highest BCUT2D eigenvalue weighted by molar-refractivity contribution is 5.92. The number of fused-ring (bicyclic) bond motifs is 1. The van der Waals surface area contributed by atoms with Crippen molar-refractivity contribution in [2.75, 3.05) is 28.4 Å². The summed E-state index contributed by atoms with van der Waals surface area (Å²) in [4.78, 5) is 4.75. The molecule has 0 fully saturated rings. The number of hydrogen-bond acceptors (Lipinski definition) is 5. The van der Waals surface area contributed by atoms with Crippen molar-refractivity contribution in [3.63, 3.8) is 0 Å². The van der Waals surface area contributed by atoms with Crippen LogP contribution in [0.3, 0.4) is 0 Å². The van der Waals surface area contributed by atoms with E-state index in [9.17, 15) is 0 Å². The second kappa shape index (κ2) is 10.2. The SMILES string of the molecule is COc1cc2ncc(-c3cc(OC)c(OC)c(-c4cccc(-c5ccccc5)c4)c3)c(C)c2cc1OC. The number of nitrogens with zero attached hydrogens (tertiary/aromatic N) is 1. The summed E-state index contributed by atoms with van der Waals surface area (Å²) in [6, 6.07) is 26.8. The molecule has 0 aliphatic carbocycles. The molecule has 0 saturated carbocycles. The molecule has 0 atom stereocenters. The molecule has 0 saturated heterocycles. The highest BCUT2D eigenvalue weighted by Crippen LogP contribution is 2.44. The van der Waals surface area contributed by atoms with Crippen LogP contribution >= 0.6 is 0 Å². The van der Waals surface area contributed by atoms with E-state index in [1.165, 1.54) is 0 Å². The van der Waals surface area contributed by atoms with Crippen molar-refractivity contribution >= 4 is 10.9 Å². The number of methoxy groups -OCH3 is 4. The number of aromatic nitrogens is 1. The van der Waals surface area contributed by atoms with Gasteiger partial charge in [0.2, 0.25) is 0 Å². The largest absolute Gasteiger partial charge is 0.493 e. The van der Waals surface area contributed by atoms with Crippen molar-refractivity contribution in [3.05, 3.63) is 90.6 Å². The maximum absolute atomic E-state index is 5.84. The Bertz CT molecular complexity index is 1580. The highest BCUT2D eigenvalue weighted by atomic mass is 16.5. The van der Waals surface area contributed by atoms with E-state index in [-0.39, 0.29) is 0 Å². The van der Waals surface area contributed by atoms with Gasteiger partial charge in [0, 0.05) is 28.8 Å². The van der Waals surface area contributed by atoms with Gasteiger partial charge >= 0.3 is 0 Å². The molecule has 5 heteroatoms. The van der Waals surface area contributed by atoms with Gasteiger partial charge in [-0.25, -0.2) is 0 Å². The van der Waals surface area contributed by atoms with Crippen LogP contribution in [0.1, 0.15) is 5.56 Å². The van der Waals surface area contributed by atoms with Crippen LogP contribution in [-0.4, -0.2) is 33.4 Å². The van der Waals surface area contributed by atoms with E-state index in [1.807, 2.05) is 42.6 Å². The number of hydrogen-bond donors (Lipinski definition) is 0. The van der Waals surface area contributed by atoms with E-state index < -0.39 is 0 Å². The summed E-state index contributed by atoms with van der Waals surface area (Å²) in [5.74, 6) is 2.67. The summed E-state index contributed by atoms with van der Waals surface area (Å²) in [6.45, 7) is 2.09. The van der Waals surface area contributed by atoms with Crippen molar-refractivity contribution in [2.24, 2.45) is 0 Å². The first-order valence-corrected chi connectivity index (χ1v) is 12.0. The first-order chi connectivity index (χ1) is 18.1. The fraction of sp³-hybridized carbons (Fsp3) is 0.156. The highest BCUT2D eigenvalue weighted by Gasteiger charge is 2.18. The molecule has 5 aromatic rings. The lowest BCUT2D eigenvalue weighted by atomic mass is 9.93. The molecule has 0 radical (unpaired) electrons. The van der Waals surface area contributed by atoms with Gasteiger partial charge in [-0.15, -0.1) is 0 Å². The van der Waals surface area contributed by atoms with Crippen molar-refractivity contribution < 1.29 is 18.9 Å². The average molecular weight is 492 g/mol. The molecule has 5 nitrogen and oxygen atoms in total. The summed E-state index contributed by atoms with van der Waals surface area (Å²) in [7, 11) is 6.60. The molecule has 0 spiro atoms. The van der Waals surface area contributed by atoms with Crippen molar-refractivity contribution in [2.45, 2.75) is 6.92 Å². The Kier molecular flexibility index (Phi) is 6.69. The number of benzene rings is 4. The minimum Gasteiger partial charge on any atom is -0.493 e. The monoisotopic (exact) mass is 491 g/mol. The third-order valence-corrected chi connectivity index (χ3v) is 6.71. The van der Waals surface area contributed by atoms with Crippen LogP contribution in [0.2, 0.25) is 0 Å². The molecular weight excluding hydrogens is 462 g/mol. The first kappa shape index (κ1) is 24.2. The van der Waals surface area contributed by atoms with Crippen molar-refractivity contribution in [1.82, 2.24) is 4.98 Å². The molecule has 0 amide bonds. The van der Waals surface area contributed by atoms with E-state index in [4.69, 9.17) is 23.9 Å². The minimum absolute atomic E-state index is 0.654. The van der Waals surface area contributed by atoms with Gasteiger partial charge in [0.15, 0.2) is 23.0 Å². The molecule has 0 aliphatic heterocycles. The van der Waals surface area contributed by atoms with Crippen LogP contribution in [0.15, 0.2) is 85.1 Å². The van der Waals surface area contributed by atoms with Crippen LogP contribution in [0.25, 0.3) is 44.3 Å². The Morgan fingerprint density at radius 1 is 0.541 bits per heavy atom. The van der Waals surface area contributed by atoms with Crippen LogP contribution in [0.5, 0.6) is 23.0 Å². The van der Waals surface area contributed by atoms with Gasteiger partial charge in [-0.1, -0.05) is 48.5 Å². The number of rotatable bonds is 7. The van der Waals surface area contributed by atoms with Gasteiger partial charge in [0.25, 0.3) is 0 Å². The molecule has 1 heterocycles. The zero-order valence-electron chi connectivity index (χ0n) is 21.7. The zero-order valence-corrected chi connectivity index (χ0v) is 21.7. The lowest BCUT2D eigenvalue weighted by molar-refractivity contribution is 0.356. The molecule has 37 heavy (non-hydrogen) atoms. The van der Waals surface area contributed by atoms with E-state index in [1.54, 1.807) is 28.4 Å². The summed E-state index contributed by atoms with van der Waals surface area (Å²) >= 11 is 0. The van der Waals surface area contributed by atoms with Gasteiger partial charge in [-0.2, -0.15) is 0 Å². The Hall–Kier alpha value is -4.51. The van der Waals surface area contributed by atoms with Gasteiger partial charge in [0.05, 0.1) is 34.0 Å². The first-order valence-electron chi connectivity index (χ1n) is 12.0. The molecule has 186 valence electrons. The molecule has 0 aliphatic rings. The lowest BCUT2D eigenvalue weighted by Crippen LogP contribution is -1.97. The summed E-state index contributed by atoms with van der Waals surface area (Å²) in [5, 5.41) is 0.998. The minimum atomic E-state index is 0.654. The molecule has 0 N–H and O–H groups in total. The van der Waals surface area contributed by atoms with Gasteiger partial charge in [-0.05, 0) is 59.0 Å². The molecular formula is C32H29NO4. The van der Waals surface area contributed by atoms with E-state index in [0.29, 0.717) is 23.0 Å². The van der Waals surface area contributed by atoms with Crippen LogP contribution in [-0.2, 0) is 0 Å². The van der Waals surface area contributed by atoms with Crippen LogP contribution in [0, 0.1) is 6.92 Å². The van der Waals surface area contributed by atoms with Gasteiger partial charge < -0.3 is 18.9 Å². The number of ether oxygens (including phenoxy) is 4. The molecule has 5 rings (SSSR count). The summed E-state index contributed by atoms with van der Waals surface area (Å²) in [6.07, 6.45) is 1.90. The smallest absolute Gasteiger partial charge is 0.168 e. The Labute approximate surface area is 217 Å². The maximum atomic E-state index is 5.84. The predicted octanol–water partition coefficient (Wildman–Crippen LogP) is 7.58. The number of aryl methyl sites for hydroxylation is 1. The molecule has 4 aromatic carbocycles. The van der Waals surface area contributed by atoms with Crippen LogP contribution < -0.4 is 18.9 Å². The van der Waals surface area contributed by atoms with Crippen molar-refractivity contribution in [1.29, 1.82) is 0 Å². The average Bonchev–Trinajstić information content (AvgIpc) is 2.96. The number of pyridine rings is 1. The van der Waals surface area contributed by atoms with E-state index in [0.717, 1.165) is 49.8 Å². The molecule has 0 bridgehead atoms. The summed E-state index contributed by atoms with van der Waals surface area (Å²) < 4.78 is 22.6. The third kappa shape index (κ3) is 4.45. The standard InChI is InChI=1S/C32H29NO4/c1-20-25-17-29(34-2)30(35-3)18-28(25)33-19-27(20)24-15-26(32(37-5)31(16-24)36-4)23-13-9-12-22(14-23)21-10-7-6-8-11-21/h6-19H,1-5H3.